The van der Waals surface area contributed by atoms with Crippen LogP contribution in [0.2, 0.25) is 5.02 Å². The van der Waals surface area contributed by atoms with Gasteiger partial charge >= 0.3 is 0 Å². The SMILES string of the molecule is Clc1ccc(N2CCCOCC2)c(CNC2CC2)c1. The van der Waals surface area contributed by atoms with E-state index in [1.54, 1.807) is 0 Å². The van der Waals surface area contributed by atoms with E-state index in [-0.39, 0.29) is 0 Å². The average molecular weight is 281 g/mol. The number of hydrogen-bond acceptors (Lipinski definition) is 3. The summed E-state index contributed by atoms with van der Waals surface area (Å²) in [5.74, 6) is 0. The molecule has 0 atom stereocenters. The highest BCUT2D eigenvalue weighted by atomic mass is 35.5. The van der Waals surface area contributed by atoms with E-state index in [1.165, 1.54) is 24.1 Å². The molecule has 0 radical (unpaired) electrons. The Morgan fingerprint density at radius 3 is 3.00 bits per heavy atom. The van der Waals surface area contributed by atoms with Crippen molar-refractivity contribution in [3.05, 3.63) is 28.8 Å². The van der Waals surface area contributed by atoms with E-state index in [9.17, 15) is 0 Å². The number of hydrogen-bond donors (Lipinski definition) is 1. The van der Waals surface area contributed by atoms with Gasteiger partial charge in [-0.15, -0.1) is 0 Å². The van der Waals surface area contributed by atoms with Crippen LogP contribution in [0.1, 0.15) is 24.8 Å². The minimum Gasteiger partial charge on any atom is -0.380 e. The highest BCUT2D eigenvalue weighted by Gasteiger charge is 2.21. The zero-order valence-corrected chi connectivity index (χ0v) is 12.0. The molecule has 0 aromatic heterocycles. The van der Waals surface area contributed by atoms with Crippen molar-refractivity contribution in [2.75, 3.05) is 31.2 Å². The normalized spacial score (nSPS) is 20.4. The second-order valence-electron chi connectivity index (χ2n) is 5.38. The third-order valence-corrected chi connectivity index (χ3v) is 4.00. The minimum absolute atomic E-state index is 0.722. The van der Waals surface area contributed by atoms with Gasteiger partial charge in [-0.2, -0.15) is 0 Å². The fourth-order valence-electron chi connectivity index (χ4n) is 2.53. The number of halogens is 1. The molecular weight excluding hydrogens is 260 g/mol. The molecule has 1 aromatic rings. The Kier molecular flexibility index (Phi) is 4.26. The average Bonchev–Trinajstić information content (AvgIpc) is 3.24. The molecule has 2 aliphatic rings. The standard InChI is InChI=1S/C15H21ClN2O/c16-13-2-5-15(18-6-1-8-19-9-7-18)12(10-13)11-17-14-3-4-14/h2,5,10,14,17H,1,3-4,6-9,11H2. The summed E-state index contributed by atoms with van der Waals surface area (Å²) < 4.78 is 5.53. The Balaban J connectivity index is 1.76. The molecule has 1 aliphatic heterocycles. The van der Waals surface area contributed by atoms with Gasteiger partial charge in [-0.1, -0.05) is 11.6 Å². The van der Waals surface area contributed by atoms with Crippen LogP contribution in [0.4, 0.5) is 5.69 Å². The summed E-state index contributed by atoms with van der Waals surface area (Å²) >= 11 is 6.15. The van der Waals surface area contributed by atoms with Gasteiger partial charge < -0.3 is 15.0 Å². The quantitative estimate of drug-likeness (QED) is 0.918. The first-order valence-corrected chi connectivity index (χ1v) is 7.55. The Hall–Kier alpha value is -0.770. The van der Waals surface area contributed by atoms with Gasteiger partial charge in [0.15, 0.2) is 0 Å². The molecule has 1 saturated heterocycles. The fraction of sp³-hybridized carbons (Fsp3) is 0.600. The highest BCUT2D eigenvalue weighted by molar-refractivity contribution is 6.30. The van der Waals surface area contributed by atoms with E-state index >= 15 is 0 Å². The maximum Gasteiger partial charge on any atom is 0.0641 e. The van der Waals surface area contributed by atoms with Gasteiger partial charge in [-0.25, -0.2) is 0 Å². The summed E-state index contributed by atoms with van der Waals surface area (Å²) in [6.07, 6.45) is 3.72. The van der Waals surface area contributed by atoms with Crippen molar-refractivity contribution in [3.8, 4) is 0 Å². The van der Waals surface area contributed by atoms with Crippen molar-refractivity contribution in [2.45, 2.75) is 31.8 Å². The largest absolute Gasteiger partial charge is 0.380 e. The smallest absolute Gasteiger partial charge is 0.0641 e. The molecule has 0 spiro atoms. The summed E-state index contributed by atoms with van der Waals surface area (Å²) in [7, 11) is 0. The molecule has 3 rings (SSSR count). The molecule has 19 heavy (non-hydrogen) atoms. The Bertz CT molecular complexity index is 426. The number of rotatable bonds is 4. The van der Waals surface area contributed by atoms with E-state index < -0.39 is 0 Å². The number of nitrogens with one attached hydrogen (secondary N) is 1. The lowest BCUT2D eigenvalue weighted by Crippen LogP contribution is -2.28. The molecule has 0 unspecified atom stereocenters. The van der Waals surface area contributed by atoms with Crippen LogP contribution < -0.4 is 10.2 Å². The van der Waals surface area contributed by atoms with Crippen molar-refractivity contribution >= 4 is 17.3 Å². The van der Waals surface area contributed by atoms with Crippen LogP contribution in [0.5, 0.6) is 0 Å². The predicted molar refractivity (Wildman–Crippen MR) is 79.0 cm³/mol. The van der Waals surface area contributed by atoms with Gasteiger partial charge in [0.25, 0.3) is 0 Å². The van der Waals surface area contributed by atoms with Crippen molar-refractivity contribution in [3.63, 3.8) is 0 Å². The first-order valence-electron chi connectivity index (χ1n) is 7.17. The second-order valence-corrected chi connectivity index (χ2v) is 5.82. The van der Waals surface area contributed by atoms with Gasteiger partial charge in [0, 0.05) is 43.0 Å². The Morgan fingerprint density at radius 1 is 1.26 bits per heavy atom. The van der Waals surface area contributed by atoms with Gasteiger partial charge in [-0.05, 0) is 43.0 Å². The lowest BCUT2D eigenvalue weighted by atomic mass is 10.1. The topological polar surface area (TPSA) is 24.5 Å². The van der Waals surface area contributed by atoms with Crippen LogP contribution in [0.3, 0.4) is 0 Å². The third-order valence-electron chi connectivity index (χ3n) is 3.76. The summed E-state index contributed by atoms with van der Waals surface area (Å²) in [5, 5.41) is 4.40. The second kappa shape index (κ2) is 6.12. The molecule has 1 N–H and O–H groups in total. The summed E-state index contributed by atoms with van der Waals surface area (Å²) in [6, 6.07) is 6.96. The van der Waals surface area contributed by atoms with Gasteiger partial charge in [0.05, 0.1) is 6.61 Å². The van der Waals surface area contributed by atoms with Crippen molar-refractivity contribution < 1.29 is 4.74 Å². The zero-order chi connectivity index (χ0) is 13.1. The molecule has 104 valence electrons. The first-order chi connectivity index (χ1) is 9.33. The molecule has 1 aliphatic carbocycles. The van der Waals surface area contributed by atoms with Crippen LogP contribution in [-0.2, 0) is 11.3 Å². The summed E-state index contributed by atoms with van der Waals surface area (Å²) in [4.78, 5) is 2.42. The van der Waals surface area contributed by atoms with Crippen LogP contribution in [0.15, 0.2) is 18.2 Å². The third kappa shape index (κ3) is 3.62. The van der Waals surface area contributed by atoms with E-state index in [0.717, 1.165) is 50.3 Å². The van der Waals surface area contributed by atoms with Crippen molar-refractivity contribution in [1.82, 2.24) is 5.32 Å². The lowest BCUT2D eigenvalue weighted by Gasteiger charge is -2.25. The molecule has 1 heterocycles. The van der Waals surface area contributed by atoms with Gasteiger partial charge in [-0.3, -0.25) is 0 Å². The van der Waals surface area contributed by atoms with Crippen LogP contribution >= 0.6 is 11.6 Å². The van der Waals surface area contributed by atoms with E-state index in [2.05, 4.69) is 22.3 Å². The first kappa shape index (κ1) is 13.2. The van der Waals surface area contributed by atoms with Crippen molar-refractivity contribution in [1.29, 1.82) is 0 Å². The van der Waals surface area contributed by atoms with Crippen molar-refractivity contribution in [2.24, 2.45) is 0 Å². The van der Waals surface area contributed by atoms with E-state index in [0.29, 0.717) is 0 Å². The van der Waals surface area contributed by atoms with E-state index in [1.807, 2.05) is 6.07 Å². The predicted octanol–water partition coefficient (Wildman–Crippen LogP) is 2.82. The maximum absolute atomic E-state index is 6.15. The number of anilines is 1. The number of benzene rings is 1. The molecule has 2 fully saturated rings. The molecule has 1 aromatic carbocycles. The number of ether oxygens (including phenoxy) is 1. The zero-order valence-electron chi connectivity index (χ0n) is 11.2. The van der Waals surface area contributed by atoms with Crippen LogP contribution in [0, 0.1) is 0 Å². The molecule has 0 amide bonds. The van der Waals surface area contributed by atoms with Gasteiger partial charge in [0.1, 0.15) is 0 Å². The van der Waals surface area contributed by atoms with Gasteiger partial charge in [0.2, 0.25) is 0 Å². The van der Waals surface area contributed by atoms with Crippen LogP contribution in [0.25, 0.3) is 0 Å². The molecule has 0 bridgehead atoms. The monoisotopic (exact) mass is 280 g/mol. The molecular formula is C15H21ClN2O. The molecule has 4 heteroatoms. The summed E-state index contributed by atoms with van der Waals surface area (Å²) in [6.45, 7) is 4.64. The van der Waals surface area contributed by atoms with E-state index in [4.69, 9.17) is 16.3 Å². The highest BCUT2D eigenvalue weighted by Crippen LogP contribution is 2.27. The lowest BCUT2D eigenvalue weighted by molar-refractivity contribution is 0.152. The Labute approximate surface area is 119 Å². The minimum atomic E-state index is 0.722. The van der Waals surface area contributed by atoms with Crippen LogP contribution in [-0.4, -0.2) is 32.3 Å². The Morgan fingerprint density at radius 2 is 2.16 bits per heavy atom. The maximum atomic E-state index is 6.15. The summed E-state index contributed by atoms with van der Waals surface area (Å²) in [5.41, 5.74) is 2.62. The number of nitrogens with zero attached hydrogens (tertiary/aromatic N) is 1. The fourth-order valence-corrected chi connectivity index (χ4v) is 2.73. The molecule has 3 nitrogen and oxygen atoms in total. The molecule has 1 saturated carbocycles.